The molecule has 8 heavy (non-hydrogen) atoms. The van der Waals surface area contributed by atoms with E-state index in [0.717, 1.165) is 0 Å². The summed E-state index contributed by atoms with van der Waals surface area (Å²) in [6.07, 6.45) is 8.46. The summed E-state index contributed by atoms with van der Waals surface area (Å²) >= 11 is 0. The van der Waals surface area contributed by atoms with Crippen LogP contribution in [0.15, 0.2) is 29.5 Å². The van der Waals surface area contributed by atoms with Crippen LogP contribution in [0, 0.1) is 0 Å². The first-order chi connectivity index (χ1) is 3.91. The summed E-state index contributed by atoms with van der Waals surface area (Å²) in [6, 6.07) is 0. The van der Waals surface area contributed by atoms with Gasteiger partial charge in [0.15, 0.2) is 0 Å². The fourth-order valence-electron chi connectivity index (χ4n) is 0.263. The van der Waals surface area contributed by atoms with Gasteiger partial charge in [-0.25, -0.2) is 0 Å². The van der Waals surface area contributed by atoms with E-state index in [9.17, 15) is 0 Å². The van der Waals surface area contributed by atoms with Crippen molar-refractivity contribution in [3.8, 4) is 0 Å². The number of allylic oxidation sites excluding steroid dienone is 4. The monoisotopic (exact) mass is 111 g/mol. The molecule has 0 unspecified atom stereocenters. The Labute approximate surface area is 48.8 Å². The number of nitrogens with zero attached hydrogens (tertiary/aromatic N) is 1. The van der Waals surface area contributed by atoms with Gasteiger partial charge >= 0.3 is 0 Å². The Morgan fingerprint density at radius 3 is 2.50 bits per heavy atom. The summed E-state index contributed by atoms with van der Waals surface area (Å²) < 4.78 is 0. The molecule has 0 fully saturated rings. The molecule has 0 heterocycles. The first-order valence-electron chi connectivity index (χ1n) is 2.37. The molecular formula is C6H9NO. The molecule has 0 rings (SSSR count). The van der Waals surface area contributed by atoms with Crippen molar-refractivity contribution in [3.05, 3.63) is 24.3 Å². The second kappa shape index (κ2) is 5.95. The number of rotatable bonds is 2. The second-order valence-corrected chi connectivity index (χ2v) is 1.18. The molecule has 0 aromatic heterocycles. The molecule has 1 N–H and O–H groups in total. The Balaban J connectivity index is 3.35. The maximum Gasteiger partial charge on any atom is 0.0661 e. The lowest BCUT2D eigenvalue weighted by molar-refractivity contribution is 0.322. The van der Waals surface area contributed by atoms with Gasteiger partial charge in [-0.3, -0.25) is 0 Å². The molecule has 0 aliphatic heterocycles. The molecule has 2 heteroatoms. The lowest BCUT2D eigenvalue weighted by Gasteiger charge is -1.67. The van der Waals surface area contributed by atoms with E-state index < -0.39 is 0 Å². The van der Waals surface area contributed by atoms with Gasteiger partial charge in [-0.05, 0) is 13.0 Å². The predicted molar refractivity (Wildman–Crippen MR) is 34.2 cm³/mol. The summed E-state index contributed by atoms with van der Waals surface area (Å²) in [5.74, 6) is 0. The molecule has 0 aliphatic carbocycles. The van der Waals surface area contributed by atoms with Gasteiger partial charge in [-0.1, -0.05) is 23.4 Å². The van der Waals surface area contributed by atoms with E-state index in [1.165, 1.54) is 6.21 Å². The van der Waals surface area contributed by atoms with E-state index in [1.807, 2.05) is 19.1 Å². The highest BCUT2D eigenvalue weighted by Crippen LogP contribution is 1.71. The smallest absolute Gasteiger partial charge is 0.0661 e. The molecule has 0 radical (unpaired) electrons. The van der Waals surface area contributed by atoms with Crippen LogP contribution in [0.3, 0.4) is 0 Å². The van der Waals surface area contributed by atoms with Crippen LogP contribution in [-0.2, 0) is 0 Å². The molecule has 0 aromatic rings. The number of oxime groups is 1. The van der Waals surface area contributed by atoms with Crippen LogP contribution in [0.25, 0.3) is 0 Å². The van der Waals surface area contributed by atoms with E-state index in [4.69, 9.17) is 5.21 Å². The molecule has 44 valence electrons. The Morgan fingerprint density at radius 2 is 2.00 bits per heavy atom. The standard InChI is InChI=1S/C6H9NO/c1-2-3-4-5-6-7-8/h2-6,8H,1H3/b3-2+,5-4+,7-6-. The molecule has 0 saturated carbocycles. The van der Waals surface area contributed by atoms with Gasteiger partial charge in [0.25, 0.3) is 0 Å². The maximum absolute atomic E-state index is 7.86. The van der Waals surface area contributed by atoms with Crippen LogP contribution >= 0.6 is 0 Å². The highest BCUT2D eigenvalue weighted by atomic mass is 16.4. The van der Waals surface area contributed by atoms with E-state index >= 15 is 0 Å². The quantitative estimate of drug-likeness (QED) is 0.249. The lowest BCUT2D eigenvalue weighted by Crippen LogP contribution is -1.59. The van der Waals surface area contributed by atoms with Crippen molar-refractivity contribution in [1.82, 2.24) is 0 Å². The van der Waals surface area contributed by atoms with Crippen molar-refractivity contribution >= 4 is 6.21 Å². The van der Waals surface area contributed by atoms with Gasteiger partial charge in [0.1, 0.15) is 0 Å². The molecule has 0 atom stereocenters. The maximum atomic E-state index is 7.86. The van der Waals surface area contributed by atoms with Crippen LogP contribution in [0.2, 0.25) is 0 Å². The zero-order valence-electron chi connectivity index (χ0n) is 4.78. The Morgan fingerprint density at radius 1 is 1.25 bits per heavy atom. The van der Waals surface area contributed by atoms with E-state index in [0.29, 0.717) is 0 Å². The molecule has 0 aromatic carbocycles. The predicted octanol–water partition coefficient (Wildman–Crippen LogP) is 1.58. The first kappa shape index (κ1) is 6.95. The molecule has 0 bridgehead atoms. The molecule has 0 spiro atoms. The SMILES string of the molecule is C/C=C/C=C/C=N\O. The minimum atomic E-state index is 1.31. The molecular weight excluding hydrogens is 102 g/mol. The van der Waals surface area contributed by atoms with Crippen molar-refractivity contribution < 1.29 is 5.21 Å². The van der Waals surface area contributed by atoms with Gasteiger partial charge in [0, 0.05) is 0 Å². The van der Waals surface area contributed by atoms with Crippen LogP contribution < -0.4 is 0 Å². The fourth-order valence-corrected chi connectivity index (χ4v) is 0.263. The van der Waals surface area contributed by atoms with Crippen molar-refractivity contribution in [2.24, 2.45) is 5.16 Å². The number of hydrogen-bond donors (Lipinski definition) is 1. The normalized spacial score (nSPS) is 12.6. The van der Waals surface area contributed by atoms with Gasteiger partial charge in [-0.15, -0.1) is 0 Å². The largest absolute Gasteiger partial charge is 0.411 e. The van der Waals surface area contributed by atoms with Crippen molar-refractivity contribution in [1.29, 1.82) is 0 Å². The molecule has 2 nitrogen and oxygen atoms in total. The highest BCUT2D eigenvalue weighted by Gasteiger charge is 1.57. The zero-order valence-corrected chi connectivity index (χ0v) is 4.78. The summed E-state index contributed by atoms with van der Waals surface area (Å²) in [5.41, 5.74) is 0. The summed E-state index contributed by atoms with van der Waals surface area (Å²) in [4.78, 5) is 0. The second-order valence-electron chi connectivity index (χ2n) is 1.18. The van der Waals surface area contributed by atoms with E-state index in [1.54, 1.807) is 12.2 Å². The third-order valence-electron chi connectivity index (χ3n) is 0.567. The van der Waals surface area contributed by atoms with Gasteiger partial charge in [0.05, 0.1) is 6.21 Å². The van der Waals surface area contributed by atoms with Gasteiger partial charge in [-0.2, -0.15) is 0 Å². The van der Waals surface area contributed by atoms with Crippen LogP contribution in [0.5, 0.6) is 0 Å². The van der Waals surface area contributed by atoms with Crippen molar-refractivity contribution in [3.63, 3.8) is 0 Å². The Bertz CT molecular complexity index is 99.7. The zero-order chi connectivity index (χ0) is 6.24. The lowest BCUT2D eigenvalue weighted by atomic mass is 10.4. The van der Waals surface area contributed by atoms with Crippen molar-refractivity contribution in [2.75, 3.05) is 0 Å². The minimum absolute atomic E-state index is 1.31. The van der Waals surface area contributed by atoms with Gasteiger partial charge in [0.2, 0.25) is 0 Å². The third-order valence-corrected chi connectivity index (χ3v) is 0.567. The summed E-state index contributed by atoms with van der Waals surface area (Å²) in [7, 11) is 0. The average Bonchev–Trinajstić information content (AvgIpc) is 1.81. The molecule has 0 saturated heterocycles. The van der Waals surface area contributed by atoms with E-state index in [2.05, 4.69) is 5.16 Å². The summed E-state index contributed by atoms with van der Waals surface area (Å²) in [5, 5.41) is 10.6. The van der Waals surface area contributed by atoms with Gasteiger partial charge < -0.3 is 5.21 Å². The Kier molecular flexibility index (Phi) is 5.17. The highest BCUT2D eigenvalue weighted by molar-refractivity contribution is 5.70. The average molecular weight is 111 g/mol. The first-order valence-corrected chi connectivity index (χ1v) is 2.37. The molecule has 0 aliphatic rings. The van der Waals surface area contributed by atoms with Crippen LogP contribution in [0.1, 0.15) is 6.92 Å². The van der Waals surface area contributed by atoms with Crippen LogP contribution in [0.4, 0.5) is 0 Å². The van der Waals surface area contributed by atoms with E-state index in [-0.39, 0.29) is 0 Å². The minimum Gasteiger partial charge on any atom is -0.411 e. The van der Waals surface area contributed by atoms with Crippen LogP contribution in [-0.4, -0.2) is 11.4 Å². The van der Waals surface area contributed by atoms with Crippen molar-refractivity contribution in [2.45, 2.75) is 6.92 Å². The molecule has 0 amide bonds. The Hall–Kier alpha value is -1.05. The number of hydrogen-bond acceptors (Lipinski definition) is 2. The third kappa shape index (κ3) is 4.95. The fraction of sp³-hybridized carbons (Fsp3) is 0.167. The topological polar surface area (TPSA) is 32.6 Å². The summed E-state index contributed by atoms with van der Waals surface area (Å²) in [6.45, 7) is 1.92.